The minimum absolute atomic E-state index is 0.250. The van der Waals surface area contributed by atoms with Crippen LogP contribution in [0.4, 0.5) is 4.79 Å². The number of ether oxygens (including phenoxy) is 1. The molecule has 0 rings (SSSR count). The number of nitrogens with zero attached hydrogens (tertiary/aromatic N) is 1. The van der Waals surface area contributed by atoms with Gasteiger partial charge in [0, 0.05) is 6.54 Å². The van der Waals surface area contributed by atoms with Crippen molar-refractivity contribution in [2.24, 2.45) is 4.99 Å². The Bertz CT molecular complexity index is 270. The fraction of sp³-hybridized carbons (Fsp3) is 0.769. The van der Waals surface area contributed by atoms with Gasteiger partial charge in [-0.3, -0.25) is 4.99 Å². The summed E-state index contributed by atoms with van der Waals surface area (Å²) in [4.78, 5) is 25.1. The predicted octanol–water partition coefficient (Wildman–Crippen LogP) is 2.34. The molecule has 5 heteroatoms. The van der Waals surface area contributed by atoms with E-state index in [0.717, 1.165) is 32.0 Å². The highest BCUT2D eigenvalue weighted by Crippen LogP contribution is 2.06. The monoisotopic (exact) mass is 256 g/mol. The zero-order valence-electron chi connectivity index (χ0n) is 11.6. The highest BCUT2D eigenvalue weighted by Gasteiger charge is 2.15. The van der Waals surface area contributed by atoms with Crippen molar-refractivity contribution in [3.63, 3.8) is 0 Å². The fourth-order valence-corrected chi connectivity index (χ4v) is 1.25. The van der Waals surface area contributed by atoms with Gasteiger partial charge in [0.2, 0.25) is 0 Å². The summed E-state index contributed by atoms with van der Waals surface area (Å²) in [6.45, 7) is 6.39. The van der Waals surface area contributed by atoms with Crippen molar-refractivity contribution in [3.8, 4) is 0 Å². The van der Waals surface area contributed by atoms with Crippen LogP contribution in [0.2, 0.25) is 0 Å². The maximum absolute atomic E-state index is 11.3. The van der Waals surface area contributed by atoms with Crippen molar-refractivity contribution in [1.82, 2.24) is 5.32 Å². The van der Waals surface area contributed by atoms with E-state index in [-0.39, 0.29) is 12.6 Å². The zero-order valence-corrected chi connectivity index (χ0v) is 11.6. The molecule has 0 fully saturated rings. The number of carbonyl (C=O) groups is 2. The molecule has 1 N–H and O–H groups in total. The van der Waals surface area contributed by atoms with Crippen molar-refractivity contribution in [2.45, 2.75) is 52.1 Å². The van der Waals surface area contributed by atoms with Gasteiger partial charge in [-0.15, -0.1) is 0 Å². The molecular weight excluding hydrogens is 232 g/mol. The lowest BCUT2D eigenvalue weighted by molar-refractivity contribution is -0.106. The van der Waals surface area contributed by atoms with Gasteiger partial charge in [0.05, 0.1) is 6.54 Å². The standard InChI is InChI=1S/C13H24N2O3/c1-13(2,3)18-12(17)15-9-7-5-4-6-8-14-10-11-16/h8,11H,4-7,9-10H2,1-3H3,(H,15,17). The summed E-state index contributed by atoms with van der Waals surface area (Å²) in [5.41, 5.74) is -0.445. The second-order valence-corrected chi connectivity index (χ2v) is 4.99. The average Bonchev–Trinajstić information content (AvgIpc) is 2.24. The van der Waals surface area contributed by atoms with Crippen LogP contribution in [0.15, 0.2) is 4.99 Å². The Morgan fingerprint density at radius 3 is 2.61 bits per heavy atom. The van der Waals surface area contributed by atoms with Gasteiger partial charge in [-0.05, 0) is 46.2 Å². The van der Waals surface area contributed by atoms with Crippen LogP contribution in [0.1, 0.15) is 46.5 Å². The highest BCUT2D eigenvalue weighted by molar-refractivity contribution is 5.67. The van der Waals surface area contributed by atoms with Gasteiger partial charge >= 0.3 is 6.09 Å². The first-order valence-corrected chi connectivity index (χ1v) is 6.34. The highest BCUT2D eigenvalue weighted by atomic mass is 16.6. The average molecular weight is 256 g/mol. The van der Waals surface area contributed by atoms with Gasteiger partial charge in [-0.1, -0.05) is 6.42 Å². The first kappa shape index (κ1) is 16.6. The quantitative estimate of drug-likeness (QED) is 0.412. The van der Waals surface area contributed by atoms with Crippen LogP contribution in [0.3, 0.4) is 0 Å². The van der Waals surface area contributed by atoms with Gasteiger partial charge < -0.3 is 14.8 Å². The van der Waals surface area contributed by atoms with Crippen molar-refractivity contribution in [2.75, 3.05) is 13.1 Å². The number of hydrogen-bond donors (Lipinski definition) is 1. The first-order chi connectivity index (χ1) is 8.45. The number of rotatable bonds is 8. The Kier molecular flexibility index (Phi) is 8.88. The van der Waals surface area contributed by atoms with Crippen LogP contribution in [0.5, 0.6) is 0 Å². The van der Waals surface area contributed by atoms with Crippen LogP contribution < -0.4 is 5.32 Å². The SMILES string of the molecule is CC(C)(C)OC(=O)NCCCCCC=NCC=O. The molecule has 0 aliphatic heterocycles. The number of nitrogens with one attached hydrogen (secondary N) is 1. The number of alkyl carbamates (subject to hydrolysis) is 1. The molecule has 0 aromatic carbocycles. The van der Waals surface area contributed by atoms with E-state index in [4.69, 9.17) is 4.74 Å². The fourth-order valence-electron chi connectivity index (χ4n) is 1.25. The number of amides is 1. The van der Waals surface area contributed by atoms with Crippen molar-refractivity contribution < 1.29 is 14.3 Å². The lowest BCUT2D eigenvalue weighted by Gasteiger charge is -2.19. The molecule has 0 radical (unpaired) electrons. The number of aliphatic imine (C=N–C) groups is 1. The summed E-state index contributed by atoms with van der Waals surface area (Å²) in [5.74, 6) is 0. The molecular formula is C13H24N2O3. The Morgan fingerprint density at radius 1 is 1.28 bits per heavy atom. The second kappa shape index (κ2) is 9.62. The summed E-state index contributed by atoms with van der Waals surface area (Å²) in [6.07, 6.45) is 6.01. The van der Waals surface area contributed by atoms with E-state index < -0.39 is 5.60 Å². The maximum Gasteiger partial charge on any atom is 0.407 e. The summed E-state index contributed by atoms with van der Waals surface area (Å²) in [7, 11) is 0. The third kappa shape index (κ3) is 12.7. The van der Waals surface area contributed by atoms with Gasteiger partial charge in [0.15, 0.2) is 0 Å². The molecule has 18 heavy (non-hydrogen) atoms. The number of hydrogen-bond acceptors (Lipinski definition) is 4. The van der Waals surface area contributed by atoms with Crippen LogP contribution in [-0.2, 0) is 9.53 Å². The molecule has 0 unspecified atom stereocenters. The lowest BCUT2D eigenvalue weighted by atomic mass is 10.2. The van der Waals surface area contributed by atoms with Crippen molar-refractivity contribution in [1.29, 1.82) is 0 Å². The van der Waals surface area contributed by atoms with Gasteiger partial charge in [-0.25, -0.2) is 4.79 Å². The van der Waals surface area contributed by atoms with Crippen LogP contribution in [0.25, 0.3) is 0 Å². The Morgan fingerprint density at radius 2 is 2.00 bits per heavy atom. The van der Waals surface area contributed by atoms with Gasteiger partial charge in [-0.2, -0.15) is 0 Å². The largest absolute Gasteiger partial charge is 0.444 e. The van der Waals surface area contributed by atoms with Gasteiger partial charge in [0.25, 0.3) is 0 Å². The molecule has 1 amide bonds. The van der Waals surface area contributed by atoms with E-state index in [1.165, 1.54) is 0 Å². The summed E-state index contributed by atoms with van der Waals surface area (Å²) in [6, 6.07) is 0. The third-order valence-electron chi connectivity index (χ3n) is 1.99. The molecule has 0 aliphatic rings. The molecule has 0 saturated heterocycles. The van der Waals surface area contributed by atoms with Crippen molar-refractivity contribution >= 4 is 18.6 Å². The van der Waals surface area contributed by atoms with Crippen molar-refractivity contribution in [3.05, 3.63) is 0 Å². The number of carbonyl (C=O) groups excluding carboxylic acids is 2. The Hall–Kier alpha value is -1.39. The normalized spacial score (nSPS) is 11.5. The molecule has 104 valence electrons. The van der Waals surface area contributed by atoms with E-state index in [1.807, 2.05) is 20.8 Å². The second-order valence-electron chi connectivity index (χ2n) is 4.99. The molecule has 5 nitrogen and oxygen atoms in total. The van der Waals surface area contributed by atoms with Gasteiger partial charge in [0.1, 0.15) is 11.9 Å². The maximum atomic E-state index is 11.3. The Balaban J connectivity index is 3.35. The molecule has 0 aromatic rings. The summed E-state index contributed by atoms with van der Waals surface area (Å²) >= 11 is 0. The van der Waals surface area contributed by atoms with E-state index >= 15 is 0 Å². The third-order valence-corrected chi connectivity index (χ3v) is 1.99. The smallest absolute Gasteiger partial charge is 0.407 e. The van der Waals surface area contributed by atoms with E-state index in [2.05, 4.69) is 10.3 Å². The minimum atomic E-state index is -0.445. The Labute approximate surface area is 109 Å². The van der Waals surface area contributed by atoms with Crippen LogP contribution in [-0.4, -0.2) is 37.3 Å². The molecule has 0 bridgehead atoms. The first-order valence-electron chi connectivity index (χ1n) is 6.34. The number of aldehydes is 1. The van der Waals surface area contributed by atoms with E-state index in [1.54, 1.807) is 6.21 Å². The minimum Gasteiger partial charge on any atom is -0.444 e. The summed E-state index contributed by atoms with van der Waals surface area (Å²) in [5, 5.41) is 2.71. The van der Waals surface area contributed by atoms with Crippen LogP contribution in [0, 0.1) is 0 Å². The molecule has 0 heterocycles. The summed E-state index contributed by atoms with van der Waals surface area (Å²) < 4.78 is 5.11. The molecule has 0 aliphatic carbocycles. The van der Waals surface area contributed by atoms with E-state index in [9.17, 15) is 9.59 Å². The molecule has 0 aromatic heterocycles. The molecule has 0 spiro atoms. The number of unbranched alkanes of at least 4 members (excludes halogenated alkanes) is 3. The molecule has 0 atom stereocenters. The molecule has 0 saturated carbocycles. The lowest BCUT2D eigenvalue weighted by Crippen LogP contribution is -2.32. The predicted molar refractivity (Wildman–Crippen MR) is 72.1 cm³/mol. The topological polar surface area (TPSA) is 67.8 Å². The van der Waals surface area contributed by atoms with Crippen LogP contribution >= 0.6 is 0 Å². The zero-order chi connectivity index (χ0) is 13.9. The van der Waals surface area contributed by atoms with E-state index in [0.29, 0.717) is 6.54 Å².